The molecule has 1 aliphatic rings. The van der Waals surface area contributed by atoms with E-state index in [-0.39, 0.29) is 17.7 Å². The van der Waals surface area contributed by atoms with Crippen LogP contribution in [-0.4, -0.2) is 54.0 Å². The molecule has 8 heteroatoms. The monoisotopic (exact) mass is 396 g/mol. The van der Waals surface area contributed by atoms with E-state index in [1.165, 1.54) is 11.3 Å². The van der Waals surface area contributed by atoms with Crippen molar-refractivity contribution in [1.82, 2.24) is 20.9 Å². The number of piperidine rings is 1. The number of nitrogens with zero attached hydrogens (tertiary/aromatic N) is 1. The highest BCUT2D eigenvalue weighted by molar-refractivity contribution is 7.80. The Kier molecular flexibility index (Phi) is 8.31. The fourth-order valence-electron chi connectivity index (χ4n) is 3.07. The van der Waals surface area contributed by atoms with Gasteiger partial charge >= 0.3 is 0 Å². The quantitative estimate of drug-likeness (QED) is 0.615. The van der Waals surface area contributed by atoms with Crippen LogP contribution in [0.15, 0.2) is 17.5 Å². The van der Waals surface area contributed by atoms with Gasteiger partial charge in [-0.05, 0) is 55.8 Å². The minimum Gasteiger partial charge on any atom is -0.363 e. The van der Waals surface area contributed by atoms with Crippen LogP contribution in [0.1, 0.15) is 42.8 Å². The molecule has 2 heterocycles. The first kappa shape index (κ1) is 20.6. The van der Waals surface area contributed by atoms with E-state index in [2.05, 4.69) is 20.9 Å². The lowest BCUT2D eigenvalue weighted by Gasteiger charge is -2.37. The first-order valence-corrected chi connectivity index (χ1v) is 10.5. The van der Waals surface area contributed by atoms with Gasteiger partial charge in [0.15, 0.2) is 5.11 Å². The molecule has 1 aromatic rings. The van der Waals surface area contributed by atoms with Crippen LogP contribution in [0.5, 0.6) is 0 Å². The Morgan fingerprint density at radius 2 is 2.04 bits per heavy atom. The molecule has 0 aromatic carbocycles. The largest absolute Gasteiger partial charge is 0.363 e. The summed E-state index contributed by atoms with van der Waals surface area (Å²) in [5.41, 5.74) is 0. The van der Waals surface area contributed by atoms with Crippen molar-refractivity contribution in [3.05, 3.63) is 22.4 Å². The summed E-state index contributed by atoms with van der Waals surface area (Å²) in [5, 5.41) is 11.7. The van der Waals surface area contributed by atoms with Crippen LogP contribution >= 0.6 is 23.6 Å². The van der Waals surface area contributed by atoms with Crippen LogP contribution in [-0.2, 0) is 4.79 Å². The van der Waals surface area contributed by atoms with Crippen LogP contribution in [0.2, 0.25) is 0 Å². The molecule has 1 atom stereocenters. The van der Waals surface area contributed by atoms with Gasteiger partial charge in [0.05, 0.1) is 4.88 Å². The number of hydrogen-bond donors (Lipinski definition) is 3. The lowest BCUT2D eigenvalue weighted by atomic mass is 9.88. The van der Waals surface area contributed by atoms with E-state index in [9.17, 15) is 9.59 Å². The molecule has 0 radical (unpaired) electrons. The third kappa shape index (κ3) is 5.67. The second kappa shape index (κ2) is 10.5. The molecule has 144 valence electrons. The summed E-state index contributed by atoms with van der Waals surface area (Å²) in [7, 11) is 0. The van der Waals surface area contributed by atoms with Crippen LogP contribution in [0.4, 0.5) is 0 Å². The second-order valence-electron chi connectivity index (χ2n) is 6.38. The molecule has 0 aliphatic carbocycles. The second-order valence-corrected chi connectivity index (χ2v) is 7.71. The first-order valence-electron chi connectivity index (χ1n) is 9.21. The predicted molar refractivity (Wildman–Crippen MR) is 109 cm³/mol. The zero-order chi connectivity index (χ0) is 18.9. The van der Waals surface area contributed by atoms with E-state index in [0.29, 0.717) is 11.4 Å². The lowest BCUT2D eigenvalue weighted by Crippen LogP contribution is -2.54. The fraction of sp³-hybridized carbons (Fsp3) is 0.611. The maximum Gasteiger partial charge on any atom is 0.262 e. The Morgan fingerprint density at radius 3 is 2.62 bits per heavy atom. The molecule has 1 saturated heterocycles. The Bertz CT molecular complexity index is 598. The molecule has 0 spiro atoms. The van der Waals surface area contributed by atoms with Crippen LogP contribution < -0.4 is 16.0 Å². The standard InChI is InChI=1S/C18H28N4O2S2/c1-3-9-20-17(24)15(21-16(23)14-6-5-12-26-14)13-7-10-22(11-8-13)18(25)19-4-2/h5-6,12-13,15H,3-4,7-11H2,1-2H3,(H,19,25)(H,20,24)(H,21,23)/t15-/m1/s1. The minimum atomic E-state index is -0.508. The van der Waals surface area contributed by atoms with Gasteiger partial charge in [-0.3, -0.25) is 9.59 Å². The predicted octanol–water partition coefficient (Wildman–Crippen LogP) is 1.98. The molecule has 3 N–H and O–H groups in total. The Balaban J connectivity index is 2.01. The molecule has 6 nitrogen and oxygen atoms in total. The van der Waals surface area contributed by atoms with Gasteiger partial charge in [0, 0.05) is 26.2 Å². The number of nitrogens with one attached hydrogen (secondary N) is 3. The fourth-order valence-corrected chi connectivity index (χ4v) is 4.03. The smallest absolute Gasteiger partial charge is 0.262 e. The van der Waals surface area contributed by atoms with Gasteiger partial charge in [-0.15, -0.1) is 11.3 Å². The highest BCUT2D eigenvalue weighted by Crippen LogP contribution is 2.22. The van der Waals surface area contributed by atoms with Crippen molar-refractivity contribution >= 4 is 40.5 Å². The minimum absolute atomic E-state index is 0.0931. The van der Waals surface area contributed by atoms with Crippen molar-refractivity contribution in [3.8, 4) is 0 Å². The summed E-state index contributed by atoms with van der Waals surface area (Å²) >= 11 is 6.76. The Hall–Kier alpha value is -1.67. The van der Waals surface area contributed by atoms with E-state index in [0.717, 1.165) is 44.0 Å². The SMILES string of the molecule is CCCNC(=O)[C@H](NC(=O)c1cccs1)C1CCN(C(=S)NCC)CC1. The van der Waals surface area contributed by atoms with Crippen molar-refractivity contribution in [2.75, 3.05) is 26.2 Å². The number of likely N-dealkylation sites (tertiary alicyclic amines) is 1. The van der Waals surface area contributed by atoms with Gasteiger partial charge in [-0.25, -0.2) is 0 Å². The lowest BCUT2D eigenvalue weighted by molar-refractivity contribution is -0.124. The van der Waals surface area contributed by atoms with E-state index >= 15 is 0 Å². The molecule has 0 bridgehead atoms. The van der Waals surface area contributed by atoms with Crippen molar-refractivity contribution in [2.24, 2.45) is 5.92 Å². The van der Waals surface area contributed by atoms with Gasteiger partial charge in [0.1, 0.15) is 6.04 Å². The molecule has 1 fully saturated rings. The van der Waals surface area contributed by atoms with E-state index < -0.39 is 6.04 Å². The normalized spacial score (nSPS) is 16.0. The summed E-state index contributed by atoms with van der Waals surface area (Å²) in [6, 6.07) is 3.11. The van der Waals surface area contributed by atoms with Gasteiger partial charge in [-0.2, -0.15) is 0 Å². The molecule has 0 unspecified atom stereocenters. The van der Waals surface area contributed by atoms with Gasteiger partial charge in [-0.1, -0.05) is 13.0 Å². The molecule has 0 saturated carbocycles. The van der Waals surface area contributed by atoms with E-state index in [4.69, 9.17) is 12.2 Å². The van der Waals surface area contributed by atoms with Crippen LogP contribution in [0.25, 0.3) is 0 Å². The highest BCUT2D eigenvalue weighted by atomic mass is 32.1. The summed E-state index contributed by atoms with van der Waals surface area (Å²) in [6.45, 7) is 7.05. The zero-order valence-corrected chi connectivity index (χ0v) is 17.0. The molecular formula is C18H28N4O2S2. The molecule has 2 rings (SSSR count). The van der Waals surface area contributed by atoms with Gasteiger partial charge in [0.2, 0.25) is 5.91 Å². The Morgan fingerprint density at radius 1 is 1.31 bits per heavy atom. The topological polar surface area (TPSA) is 73.5 Å². The zero-order valence-electron chi connectivity index (χ0n) is 15.4. The average molecular weight is 397 g/mol. The molecular weight excluding hydrogens is 368 g/mol. The number of rotatable bonds is 7. The van der Waals surface area contributed by atoms with Crippen molar-refractivity contribution in [1.29, 1.82) is 0 Å². The van der Waals surface area contributed by atoms with Crippen LogP contribution in [0, 0.1) is 5.92 Å². The summed E-state index contributed by atoms with van der Waals surface area (Å²) in [5.74, 6) is -0.164. The van der Waals surface area contributed by atoms with Crippen molar-refractivity contribution < 1.29 is 9.59 Å². The molecule has 1 aromatic heterocycles. The van der Waals surface area contributed by atoms with E-state index in [1.54, 1.807) is 6.07 Å². The Labute approximate surface area is 164 Å². The van der Waals surface area contributed by atoms with Gasteiger partial charge < -0.3 is 20.9 Å². The van der Waals surface area contributed by atoms with Gasteiger partial charge in [0.25, 0.3) is 5.91 Å². The summed E-state index contributed by atoms with van der Waals surface area (Å²) < 4.78 is 0. The maximum absolute atomic E-state index is 12.7. The number of carbonyl (C=O) groups is 2. The van der Waals surface area contributed by atoms with Crippen LogP contribution in [0.3, 0.4) is 0 Å². The molecule has 2 amide bonds. The third-order valence-corrected chi connectivity index (χ3v) is 5.76. The maximum atomic E-state index is 12.7. The number of thiocarbonyl (C=S) groups is 1. The highest BCUT2D eigenvalue weighted by Gasteiger charge is 2.33. The molecule has 1 aliphatic heterocycles. The number of carbonyl (C=O) groups excluding carboxylic acids is 2. The third-order valence-electron chi connectivity index (χ3n) is 4.49. The average Bonchev–Trinajstić information content (AvgIpc) is 3.19. The summed E-state index contributed by atoms with van der Waals surface area (Å²) in [6.07, 6.45) is 2.51. The first-order chi connectivity index (χ1) is 12.6. The summed E-state index contributed by atoms with van der Waals surface area (Å²) in [4.78, 5) is 27.9. The van der Waals surface area contributed by atoms with Crippen molar-refractivity contribution in [3.63, 3.8) is 0 Å². The number of amides is 2. The number of hydrogen-bond acceptors (Lipinski definition) is 4. The number of thiophene rings is 1. The van der Waals surface area contributed by atoms with Crippen molar-refractivity contribution in [2.45, 2.75) is 39.2 Å². The van der Waals surface area contributed by atoms with E-state index in [1.807, 2.05) is 25.3 Å². The molecule has 26 heavy (non-hydrogen) atoms.